The molecule has 0 bridgehead atoms. The highest BCUT2D eigenvalue weighted by molar-refractivity contribution is 6.00. The number of rotatable bonds is 5. The van der Waals surface area contributed by atoms with Gasteiger partial charge in [-0.25, -0.2) is 19.7 Å². The lowest BCUT2D eigenvalue weighted by Gasteiger charge is -2.13. The van der Waals surface area contributed by atoms with E-state index in [9.17, 15) is 9.59 Å². The number of carbonyl (C=O) groups excluding carboxylic acids is 2. The fourth-order valence-corrected chi connectivity index (χ4v) is 2.85. The van der Waals surface area contributed by atoms with E-state index in [2.05, 4.69) is 25.3 Å². The monoisotopic (exact) mass is 356 g/mol. The number of amides is 1. The van der Waals surface area contributed by atoms with E-state index in [1.54, 1.807) is 6.07 Å². The van der Waals surface area contributed by atoms with E-state index in [0.29, 0.717) is 16.7 Å². The number of imidazole rings is 1. The quantitative estimate of drug-likeness (QED) is 0.676. The first-order chi connectivity index (χ1) is 12.4. The maximum Gasteiger partial charge on any atom is 0.340 e. The Morgan fingerprint density at radius 1 is 1.31 bits per heavy atom. The lowest BCUT2D eigenvalue weighted by molar-refractivity contribution is -0.123. The van der Waals surface area contributed by atoms with Crippen molar-refractivity contribution in [3.05, 3.63) is 35.7 Å². The van der Waals surface area contributed by atoms with E-state index in [4.69, 9.17) is 4.74 Å². The molecule has 9 heteroatoms. The number of carbonyl (C=O) groups is 2. The van der Waals surface area contributed by atoms with Crippen molar-refractivity contribution in [2.45, 2.75) is 40.3 Å². The van der Waals surface area contributed by atoms with Crippen LogP contribution in [0, 0.1) is 13.8 Å². The van der Waals surface area contributed by atoms with Gasteiger partial charge in [-0.1, -0.05) is 0 Å². The van der Waals surface area contributed by atoms with Gasteiger partial charge in [-0.2, -0.15) is 0 Å². The number of esters is 1. The molecular weight excluding hydrogens is 336 g/mol. The number of hydrogen-bond acceptors (Lipinski definition) is 6. The van der Waals surface area contributed by atoms with Crippen LogP contribution in [-0.2, 0) is 16.1 Å². The van der Waals surface area contributed by atoms with E-state index in [0.717, 1.165) is 17.9 Å². The molecule has 3 aromatic heterocycles. The van der Waals surface area contributed by atoms with Crippen LogP contribution < -0.4 is 5.32 Å². The van der Waals surface area contributed by atoms with Gasteiger partial charge in [0.05, 0.1) is 11.9 Å². The van der Waals surface area contributed by atoms with Gasteiger partial charge in [0.1, 0.15) is 11.8 Å². The average Bonchev–Trinajstić information content (AvgIpc) is 3.19. The Kier molecular flexibility index (Phi) is 4.70. The number of aromatic amines is 1. The molecule has 26 heavy (non-hydrogen) atoms. The van der Waals surface area contributed by atoms with E-state index in [1.165, 1.54) is 19.6 Å². The smallest absolute Gasteiger partial charge is 0.340 e. The first kappa shape index (κ1) is 17.6. The Balaban J connectivity index is 1.71. The summed E-state index contributed by atoms with van der Waals surface area (Å²) >= 11 is 0. The fraction of sp³-hybridized carbons (Fsp3) is 0.353. The van der Waals surface area contributed by atoms with Crippen molar-refractivity contribution < 1.29 is 14.3 Å². The Morgan fingerprint density at radius 2 is 2.08 bits per heavy atom. The standard InChI is InChI=1S/C17H20N6O3/c1-5-23-9(2)6-12(10(23)3)17(25)26-11(4)16(24)22-15-13-14(19-7-18-13)20-8-21-15/h6-8,11H,5H2,1-4H3,(H2,18,19,20,21,22,24)/t11-/m0/s1. The number of aromatic nitrogens is 5. The second kappa shape index (κ2) is 6.95. The van der Waals surface area contributed by atoms with Crippen LogP contribution in [-0.4, -0.2) is 42.5 Å². The zero-order valence-corrected chi connectivity index (χ0v) is 15.0. The minimum absolute atomic E-state index is 0.282. The molecule has 0 spiro atoms. The minimum Gasteiger partial charge on any atom is -0.449 e. The van der Waals surface area contributed by atoms with Crippen molar-refractivity contribution in [1.29, 1.82) is 0 Å². The van der Waals surface area contributed by atoms with Crippen molar-refractivity contribution >= 4 is 28.9 Å². The summed E-state index contributed by atoms with van der Waals surface area (Å²) in [6.07, 6.45) is 1.77. The van der Waals surface area contributed by atoms with Gasteiger partial charge in [-0.15, -0.1) is 0 Å². The minimum atomic E-state index is -0.986. The number of hydrogen-bond donors (Lipinski definition) is 2. The van der Waals surface area contributed by atoms with Gasteiger partial charge in [-0.3, -0.25) is 4.79 Å². The molecule has 3 rings (SSSR count). The first-order valence-corrected chi connectivity index (χ1v) is 8.25. The van der Waals surface area contributed by atoms with Crippen LogP contribution in [0.3, 0.4) is 0 Å². The van der Waals surface area contributed by atoms with Crippen LogP contribution >= 0.6 is 0 Å². The summed E-state index contributed by atoms with van der Waals surface area (Å²) in [4.78, 5) is 39.7. The van der Waals surface area contributed by atoms with Crippen molar-refractivity contribution in [2.75, 3.05) is 5.32 Å². The third-order valence-corrected chi connectivity index (χ3v) is 4.23. The summed E-state index contributed by atoms with van der Waals surface area (Å²) in [5.74, 6) is -0.739. The highest BCUT2D eigenvalue weighted by atomic mass is 16.5. The maximum atomic E-state index is 12.4. The Morgan fingerprint density at radius 3 is 2.77 bits per heavy atom. The van der Waals surface area contributed by atoms with Crippen LogP contribution in [0.25, 0.3) is 11.2 Å². The van der Waals surface area contributed by atoms with Crippen molar-refractivity contribution in [3.8, 4) is 0 Å². The van der Waals surface area contributed by atoms with E-state index >= 15 is 0 Å². The molecule has 0 fully saturated rings. The summed E-state index contributed by atoms with van der Waals surface area (Å²) in [7, 11) is 0. The third kappa shape index (κ3) is 3.15. The van der Waals surface area contributed by atoms with Gasteiger partial charge in [-0.05, 0) is 33.8 Å². The normalized spacial score (nSPS) is 12.2. The predicted octanol–water partition coefficient (Wildman–Crippen LogP) is 1.98. The topological polar surface area (TPSA) is 115 Å². The van der Waals surface area contributed by atoms with E-state index in [1.807, 2.05) is 25.3 Å². The van der Waals surface area contributed by atoms with Gasteiger partial charge in [0.25, 0.3) is 5.91 Å². The van der Waals surface area contributed by atoms with Crippen LogP contribution in [0.1, 0.15) is 35.6 Å². The van der Waals surface area contributed by atoms with Crippen molar-refractivity contribution in [2.24, 2.45) is 0 Å². The molecule has 0 saturated carbocycles. The zero-order valence-electron chi connectivity index (χ0n) is 15.0. The number of anilines is 1. The molecule has 0 saturated heterocycles. The SMILES string of the molecule is CCn1c(C)cc(C(=O)O[C@@H](C)C(=O)Nc2ncnc3nc[nH]c23)c1C. The molecule has 0 radical (unpaired) electrons. The number of nitrogens with one attached hydrogen (secondary N) is 2. The zero-order chi connectivity index (χ0) is 18.8. The molecule has 9 nitrogen and oxygen atoms in total. The molecule has 0 aromatic carbocycles. The summed E-state index contributed by atoms with van der Waals surface area (Å²) in [5, 5.41) is 2.63. The molecule has 0 aliphatic rings. The lowest BCUT2D eigenvalue weighted by atomic mass is 10.2. The lowest BCUT2D eigenvalue weighted by Crippen LogP contribution is -2.30. The van der Waals surface area contributed by atoms with Gasteiger partial charge < -0.3 is 19.6 Å². The van der Waals surface area contributed by atoms with Gasteiger partial charge >= 0.3 is 5.97 Å². The highest BCUT2D eigenvalue weighted by Crippen LogP contribution is 2.18. The molecule has 1 amide bonds. The molecule has 0 aliphatic heterocycles. The largest absolute Gasteiger partial charge is 0.449 e. The molecule has 2 N–H and O–H groups in total. The summed E-state index contributed by atoms with van der Waals surface area (Å²) < 4.78 is 7.34. The molecule has 0 unspecified atom stereocenters. The number of ether oxygens (including phenoxy) is 1. The number of aryl methyl sites for hydroxylation is 1. The van der Waals surface area contributed by atoms with Crippen LogP contribution in [0.2, 0.25) is 0 Å². The number of fused-ring (bicyclic) bond motifs is 1. The van der Waals surface area contributed by atoms with E-state index in [-0.39, 0.29) is 5.82 Å². The molecular formula is C17H20N6O3. The number of H-pyrrole nitrogens is 1. The van der Waals surface area contributed by atoms with Crippen molar-refractivity contribution in [3.63, 3.8) is 0 Å². The fourth-order valence-electron chi connectivity index (χ4n) is 2.85. The van der Waals surface area contributed by atoms with E-state index < -0.39 is 18.0 Å². The average molecular weight is 356 g/mol. The third-order valence-electron chi connectivity index (χ3n) is 4.23. The summed E-state index contributed by atoms with van der Waals surface area (Å²) in [5.41, 5.74) is 3.19. The van der Waals surface area contributed by atoms with Crippen molar-refractivity contribution in [1.82, 2.24) is 24.5 Å². The van der Waals surface area contributed by atoms with Crippen LogP contribution in [0.4, 0.5) is 5.82 Å². The molecule has 1 atom stereocenters. The molecule has 3 heterocycles. The second-order valence-electron chi connectivity index (χ2n) is 5.89. The Hall–Kier alpha value is -3.23. The van der Waals surface area contributed by atoms with Crippen LogP contribution in [0.15, 0.2) is 18.7 Å². The predicted molar refractivity (Wildman–Crippen MR) is 94.8 cm³/mol. The van der Waals surface area contributed by atoms with Gasteiger partial charge in [0.2, 0.25) is 0 Å². The first-order valence-electron chi connectivity index (χ1n) is 8.25. The molecule has 136 valence electrons. The van der Waals surface area contributed by atoms with Gasteiger partial charge in [0.15, 0.2) is 17.6 Å². The van der Waals surface area contributed by atoms with Gasteiger partial charge in [0, 0.05) is 17.9 Å². The summed E-state index contributed by atoms with van der Waals surface area (Å²) in [6.45, 7) is 8.05. The molecule has 0 aliphatic carbocycles. The van der Waals surface area contributed by atoms with Crippen LogP contribution in [0.5, 0.6) is 0 Å². The second-order valence-corrected chi connectivity index (χ2v) is 5.89. The Labute approximate surface area is 149 Å². The number of nitrogens with zero attached hydrogens (tertiary/aromatic N) is 4. The highest BCUT2D eigenvalue weighted by Gasteiger charge is 2.23. The summed E-state index contributed by atoms with van der Waals surface area (Å²) in [6, 6.07) is 1.77. The maximum absolute atomic E-state index is 12.4. The molecule has 3 aromatic rings. The Bertz CT molecular complexity index is 974.